The van der Waals surface area contributed by atoms with Crippen LogP contribution in [0.4, 0.5) is 4.79 Å². The van der Waals surface area contributed by atoms with Crippen molar-refractivity contribution in [3.8, 4) is 11.4 Å². The third kappa shape index (κ3) is 5.39. The molecule has 2 aromatic rings. The van der Waals surface area contributed by atoms with E-state index < -0.39 is 11.7 Å². The highest BCUT2D eigenvalue weighted by Crippen LogP contribution is 2.16. The van der Waals surface area contributed by atoms with Gasteiger partial charge in [-0.3, -0.25) is 0 Å². The number of amides is 1. The highest BCUT2D eigenvalue weighted by atomic mass is 16.6. The van der Waals surface area contributed by atoms with Crippen LogP contribution in [0.1, 0.15) is 40.0 Å². The molecular formula is C17H23N3O3. The summed E-state index contributed by atoms with van der Waals surface area (Å²) >= 11 is 0. The first-order chi connectivity index (χ1) is 10.9. The summed E-state index contributed by atoms with van der Waals surface area (Å²) in [6.45, 7) is 7.48. The SMILES string of the molecule is CC[C@@H](Cc1nc(-c2ccccc2)no1)NC(=O)OC(C)(C)C. The molecule has 0 radical (unpaired) electrons. The van der Waals surface area contributed by atoms with Crippen LogP contribution in [-0.4, -0.2) is 27.9 Å². The Morgan fingerprint density at radius 3 is 2.61 bits per heavy atom. The third-order valence-electron chi connectivity index (χ3n) is 3.13. The number of hydrogen-bond acceptors (Lipinski definition) is 5. The average Bonchev–Trinajstić information content (AvgIpc) is 2.94. The monoisotopic (exact) mass is 317 g/mol. The van der Waals surface area contributed by atoms with Crippen LogP contribution >= 0.6 is 0 Å². The van der Waals surface area contributed by atoms with Gasteiger partial charge in [0, 0.05) is 18.0 Å². The zero-order chi connectivity index (χ0) is 16.9. The number of nitrogens with one attached hydrogen (secondary N) is 1. The van der Waals surface area contributed by atoms with Crippen LogP contribution in [0.5, 0.6) is 0 Å². The maximum absolute atomic E-state index is 11.8. The lowest BCUT2D eigenvalue weighted by Crippen LogP contribution is -2.40. The van der Waals surface area contributed by atoms with Gasteiger partial charge in [-0.15, -0.1) is 0 Å². The van der Waals surface area contributed by atoms with Gasteiger partial charge in [0.15, 0.2) is 0 Å². The number of rotatable bonds is 5. The van der Waals surface area contributed by atoms with Crippen molar-refractivity contribution < 1.29 is 14.1 Å². The molecule has 1 N–H and O–H groups in total. The van der Waals surface area contributed by atoms with E-state index in [1.807, 2.05) is 58.0 Å². The van der Waals surface area contributed by atoms with E-state index in [0.717, 1.165) is 12.0 Å². The van der Waals surface area contributed by atoms with Crippen molar-refractivity contribution in [2.45, 2.75) is 52.2 Å². The van der Waals surface area contributed by atoms with E-state index in [1.54, 1.807) is 0 Å². The first kappa shape index (κ1) is 17.0. The number of ether oxygens (including phenoxy) is 1. The van der Waals surface area contributed by atoms with Crippen LogP contribution in [0.15, 0.2) is 34.9 Å². The summed E-state index contributed by atoms with van der Waals surface area (Å²) in [4.78, 5) is 16.2. The highest BCUT2D eigenvalue weighted by Gasteiger charge is 2.20. The fraction of sp³-hybridized carbons (Fsp3) is 0.471. The van der Waals surface area contributed by atoms with Gasteiger partial charge in [0.2, 0.25) is 11.7 Å². The molecular weight excluding hydrogens is 294 g/mol. The number of alkyl carbamates (subject to hydrolysis) is 1. The van der Waals surface area contributed by atoms with E-state index in [1.165, 1.54) is 0 Å². The first-order valence-electron chi connectivity index (χ1n) is 7.75. The number of nitrogens with zero attached hydrogens (tertiary/aromatic N) is 2. The maximum Gasteiger partial charge on any atom is 0.407 e. The van der Waals surface area contributed by atoms with E-state index in [2.05, 4.69) is 15.5 Å². The Hall–Kier alpha value is -2.37. The molecule has 1 atom stereocenters. The minimum atomic E-state index is -0.520. The molecule has 23 heavy (non-hydrogen) atoms. The molecule has 2 rings (SSSR count). The Labute approximate surface area is 136 Å². The number of benzene rings is 1. The second-order valence-corrected chi connectivity index (χ2v) is 6.33. The molecule has 0 aliphatic carbocycles. The molecule has 1 aromatic heterocycles. The van der Waals surface area contributed by atoms with Crippen LogP contribution in [0.3, 0.4) is 0 Å². The van der Waals surface area contributed by atoms with Gasteiger partial charge in [0.05, 0.1) is 0 Å². The molecule has 1 amide bonds. The molecule has 0 fully saturated rings. The van der Waals surface area contributed by atoms with E-state index in [9.17, 15) is 4.79 Å². The topological polar surface area (TPSA) is 77.3 Å². The Morgan fingerprint density at radius 2 is 2.00 bits per heavy atom. The zero-order valence-corrected chi connectivity index (χ0v) is 14.0. The van der Waals surface area contributed by atoms with E-state index >= 15 is 0 Å². The summed E-state index contributed by atoms with van der Waals surface area (Å²) in [6, 6.07) is 9.50. The van der Waals surface area contributed by atoms with Crippen molar-refractivity contribution in [3.05, 3.63) is 36.2 Å². The largest absolute Gasteiger partial charge is 0.444 e. The van der Waals surface area contributed by atoms with Gasteiger partial charge in [-0.2, -0.15) is 4.98 Å². The summed E-state index contributed by atoms with van der Waals surface area (Å²) in [5.74, 6) is 1.04. The van der Waals surface area contributed by atoms with Crippen LogP contribution in [-0.2, 0) is 11.2 Å². The molecule has 0 aliphatic rings. The quantitative estimate of drug-likeness (QED) is 0.912. The summed E-state index contributed by atoms with van der Waals surface area (Å²) in [6.07, 6.45) is 0.768. The van der Waals surface area contributed by atoms with E-state index in [4.69, 9.17) is 9.26 Å². The van der Waals surface area contributed by atoms with Gasteiger partial charge in [0.1, 0.15) is 5.60 Å². The van der Waals surface area contributed by atoms with Crippen molar-refractivity contribution >= 4 is 6.09 Å². The summed E-state index contributed by atoms with van der Waals surface area (Å²) in [5.41, 5.74) is 0.378. The standard InChI is InChI=1S/C17H23N3O3/c1-5-13(18-16(21)22-17(2,3)4)11-14-19-15(20-23-14)12-9-7-6-8-10-12/h6-10,13H,5,11H2,1-4H3,(H,18,21)/t13-/m0/s1. The predicted molar refractivity (Wildman–Crippen MR) is 86.9 cm³/mol. The fourth-order valence-corrected chi connectivity index (χ4v) is 2.02. The Balaban J connectivity index is 1.97. The first-order valence-corrected chi connectivity index (χ1v) is 7.75. The molecule has 1 aromatic carbocycles. The smallest absolute Gasteiger partial charge is 0.407 e. The van der Waals surface area contributed by atoms with Crippen molar-refractivity contribution in [3.63, 3.8) is 0 Å². The maximum atomic E-state index is 11.8. The zero-order valence-electron chi connectivity index (χ0n) is 14.0. The Bertz CT molecular complexity index is 632. The van der Waals surface area contributed by atoms with Crippen molar-refractivity contribution in [1.82, 2.24) is 15.5 Å². The van der Waals surface area contributed by atoms with Crippen LogP contribution < -0.4 is 5.32 Å². The second kappa shape index (κ2) is 7.26. The van der Waals surface area contributed by atoms with E-state index in [-0.39, 0.29) is 6.04 Å². The van der Waals surface area contributed by atoms with Crippen molar-refractivity contribution in [1.29, 1.82) is 0 Å². The molecule has 0 saturated heterocycles. The van der Waals surface area contributed by atoms with Gasteiger partial charge in [-0.1, -0.05) is 42.4 Å². The summed E-state index contributed by atoms with van der Waals surface area (Å²) in [7, 11) is 0. The Morgan fingerprint density at radius 1 is 1.30 bits per heavy atom. The second-order valence-electron chi connectivity index (χ2n) is 6.33. The lowest BCUT2D eigenvalue weighted by atomic mass is 10.1. The van der Waals surface area contributed by atoms with Gasteiger partial charge in [-0.05, 0) is 27.2 Å². The fourth-order valence-electron chi connectivity index (χ4n) is 2.02. The van der Waals surface area contributed by atoms with Gasteiger partial charge in [-0.25, -0.2) is 4.79 Å². The molecule has 6 nitrogen and oxygen atoms in total. The van der Waals surface area contributed by atoms with Crippen LogP contribution in [0.2, 0.25) is 0 Å². The molecule has 0 unspecified atom stereocenters. The summed E-state index contributed by atoms with van der Waals surface area (Å²) in [5, 5.41) is 6.81. The highest BCUT2D eigenvalue weighted by molar-refractivity contribution is 5.68. The number of carbonyl (C=O) groups is 1. The molecule has 0 saturated carbocycles. The van der Waals surface area contributed by atoms with E-state index in [0.29, 0.717) is 18.1 Å². The molecule has 1 heterocycles. The normalized spacial score (nSPS) is 12.7. The van der Waals surface area contributed by atoms with Gasteiger partial charge < -0.3 is 14.6 Å². The number of aromatic nitrogens is 2. The number of carbonyl (C=O) groups excluding carboxylic acids is 1. The minimum Gasteiger partial charge on any atom is -0.444 e. The summed E-state index contributed by atoms with van der Waals surface area (Å²) < 4.78 is 10.5. The molecule has 0 bridgehead atoms. The predicted octanol–water partition coefficient (Wildman–Crippen LogP) is 3.58. The van der Waals surface area contributed by atoms with Crippen molar-refractivity contribution in [2.75, 3.05) is 0 Å². The van der Waals surface area contributed by atoms with Gasteiger partial charge in [0.25, 0.3) is 0 Å². The lowest BCUT2D eigenvalue weighted by molar-refractivity contribution is 0.0501. The van der Waals surface area contributed by atoms with Gasteiger partial charge >= 0.3 is 6.09 Å². The Kier molecular flexibility index (Phi) is 5.36. The number of hydrogen-bond donors (Lipinski definition) is 1. The van der Waals surface area contributed by atoms with Crippen LogP contribution in [0, 0.1) is 0 Å². The molecule has 6 heteroatoms. The minimum absolute atomic E-state index is 0.117. The van der Waals surface area contributed by atoms with Crippen molar-refractivity contribution in [2.24, 2.45) is 0 Å². The average molecular weight is 317 g/mol. The molecule has 124 valence electrons. The molecule has 0 aliphatic heterocycles. The lowest BCUT2D eigenvalue weighted by Gasteiger charge is -2.22. The molecule has 0 spiro atoms. The van der Waals surface area contributed by atoms with Crippen LogP contribution in [0.25, 0.3) is 11.4 Å². The third-order valence-corrected chi connectivity index (χ3v) is 3.13.